The lowest BCUT2D eigenvalue weighted by Crippen LogP contribution is -2.36. The van der Waals surface area contributed by atoms with Gasteiger partial charge >= 0.3 is 0 Å². The summed E-state index contributed by atoms with van der Waals surface area (Å²) >= 11 is 0. The number of aromatic amines is 1. The zero-order valence-electron chi connectivity index (χ0n) is 14.3. The van der Waals surface area contributed by atoms with Gasteiger partial charge in [0.25, 0.3) is 11.1 Å². The summed E-state index contributed by atoms with van der Waals surface area (Å²) in [6, 6.07) is 14.1. The van der Waals surface area contributed by atoms with E-state index in [2.05, 4.69) is 10.4 Å². The number of hydrogen-bond donors (Lipinski definition) is 2. The zero-order chi connectivity index (χ0) is 18.5. The van der Waals surface area contributed by atoms with E-state index in [1.54, 1.807) is 31.4 Å². The summed E-state index contributed by atoms with van der Waals surface area (Å²) in [6.07, 6.45) is 0. The van der Waals surface area contributed by atoms with Crippen LogP contribution in [0.4, 0.5) is 0 Å². The van der Waals surface area contributed by atoms with Crippen molar-refractivity contribution < 1.29 is 9.53 Å². The van der Waals surface area contributed by atoms with Crippen molar-refractivity contribution >= 4 is 16.7 Å². The fourth-order valence-corrected chi connectivity index (χ4v) is 2.78. The van der Waals surface area contributed by atoms with Crippen LogP contribution in [0.5, 0.6) is 0 Å². The first-order chi connectivity index (χ1) is 12.6. The number of nitrogens with zero attached hydrogens (tertiary/aromatic N) is 1. The fourth-order valence-electron chi connectivity index (χ4n) is 2.78. The highest BCUT2D eigenvalue weighted by molar-refractivity contribution is 5.81. The van der Waals surface area contributed by atoms with Gasteiger partial charge in [0, 0.05) is 13.7 Å². The molecule has 0 aliphatic rings. The topological polar surface area (TPSA) is 93.2 Å². The summed E-state index contributed by atoms with van der Waals surface area (Å²) in [7, 11) is 1.61. The molecule has 0 saturated heterocycles. The molecule has 0 fully saturated rings. The maximum Gasteiger partial charge on any atom is 0.273 e. The number of carbonyl (C=O) groups excluding carboxylic acids is 1. The minimum atomic E-state index is -0.407. The van der Waals surface area contributed by atoms with E-state index in [0.29, 0.717) is 18.5 Å². The first kappa shape index (κ1) is 17.6. The molecule has 1 amide bonds. The zero-order valence-corrected chi connectivity index (χ0v) is 14.3. The molecular weight excluding hydrogens is 334 g/mol. The molecule has 26 heavy (non-hydrogen) atoms. The van der Waals surface area contributed by atoms with Gasteiger partial charge in [-0.15, -0.1) is 0 Å². The fraction of sp³-hybridized carbons (Fsp3) is 0.211. The van der Waals surface area contributed by atoms with E-state index in [1.165, 1.54) is 0 Å². The Labute approximate surface area is 149 Å². The highest BCUT2D eigenvalue weighted by Gasteiger charge is 2.10. The number of benzene rings is 2. The lowest BCUT2D eigenvalue weighted by atomic mass is 10.1. The average Bonchev–Trinajstić information content (AvgIpc) is 2.65. The summed E-state index contributed by atoms with van der Waals surface area (Å²) in [5.41, 5.74) is 1.10. The summed E-state index contributed by atoms with van der Waals surface area (Å²) in [6.45, 7) is 0.500. The third-order valence-electron chi connectivity index (χ3n) is 4.08. The van der Waals surface area contributed by atoms with Gasteiger partial charge in [-0.3, -0.25) is 19.5 Å². The minimum Gasteiger partial charge on any atom is -0.380 e. The predicted octanol–water partition coefficient (Wildman–Crippen LogP) is 1.15. The second kappa shape index (κ2) is 7.79. The van der Waals surface area contributed by atoms with Crippen molar-refractivity contribution in [3.8, 4) is 0 Å². The number of carbonyl (C=O) groups is 1. The molecule has 0 aliphatic heterocycles. The van der Waals surface area contributed by atoms with Gasteiger partial charge in [0.15, 0.2) is 0 Å². The Morgan fingerprint density at radius 2 is 1.69 bits per heavy atom. The molecule has 0 aliphatic carbocycles. The maximum atomic E-state index is 12.4. The molecule has 3 rings (SSSR count). The van der Waals surface area contributed by atoms with Gasteiger partial charge in [-0.05, 0) is 23.3 Å². The van der Waals surface area contributed by atoms with Gasteiger partial charge in [-0.1, -0.05) is 36.4 Å². The smallest absolute Gasteiger partial charge is 0.273 e. The van der Waals surface area contributed by atoms with E-state index >= 15 is 0 Å². The highest BCUT2D eigenvalue weighted by atomic mass is 16.5. The number of nitrogens with one attached hydrogen (secondary N) is 2. The summed E-state index contributed by atoms with van der Waals surface area (Å²) in [5.74, 6) is -0.370. The van der Waals surface area contributed by atoms with Gasteiger partial charge in [-0.2, -0.15) is 0 Å². The molecule has 7 heteroatoms. The van der Waals surface area contributed by atoms with Crippen molar-refractivity contribution in [2.45, 2.75) is 19.7 Å². The van der Waals surface area contributed by atoms with Crippen molar-refractivity contribution in [1.29, 1.82) is 0 Å². The quantitative estimate of drug-likeness (QED) is 0.695. The first-order valence-corrected chi connectivity index (χ1v) is 8.14. The van der Waals surface area contributed by atoms with Crippen LogP contribution < -0.4 is 16.4 Å². The van der Waals surface area contributed by atoms with E-state index in [4.69, 9.17) is 4.74 Å². The van der Waals surface area contributed by atoms with Crippen molar-refractivity contribution in [1.82, 2.24) is 15.1 Å². The predicted molar refractivity (Wildman–Crippen MR) is 97.8 cm³/mol. The van der Waals surface area contributed by atoms with E-state index in [-0.39, 0.29) is 17.8 Å². The van der Waals surface area contributed by atoms with Crippen molar-refractivity contribution in [3.05, 3.63) is 80.4 Å². The number of rotatable bonds is 6. The number of H-pyrrole nitrogens is 1. The molecule has 0 spiro atoms. The van der Waals surface area contributed by atoms with Crippen LogP contribution in [0.1, 0.15) is 11.1 Å². The number of methoxy groups -OCH3 is 1. The van der Waals surface area contributed by atoms with Crippen LogP contribution in [0.2, 0.25) is 0 Å². The Morgan fingerprint density at radius 3 is 2.42 bits per heavy atom. The lowest BCUT2D eigenvalue weighted by Gasteiger charge is -2.11. The molecule has 2 N–H and O–H groups in total. The normalized spacial score (nSPS) is 10.8. The number of amides is 1. The molecular formula is C19H19N3O4. The maximum absolute atomic E-state index is 12.4. The van der Waals surface area contributed by atoms with E-state index in [1.807, 2.05) is 24.3 Å². The van der Waals surface area contributed by atoms with Crippen LogP contribution in [0.25, 0.3) is 10.8 Å². The van der Waals surface area contributed by atoms with Crippen molar-refractivity contribution in [3.63, 3.8) is 0 Å². The third-order valence-corrected chi connectivity index (χ3v) is 4.08. The lowest BCUT2D eigenvalue weighted by molar-refractivity contribution is -0.122. The monoisotopic (exact) mass is 353 g/mol. The second-order valence-electron chi connectivity index (χ2n) is 5.86. The number of fused-ring (bicyclic) bond motifs is 1. The number of aromatic nitrogens is 2. The summed E-state index contributed by atoms with van der Waals surface area (Å²) in [5, 5.41) is 5.81. The second-order valence-corrected chi connectivity index (χ2v) is 5.86. The molecule has 0 saturated carbocycles. The van der Waals surface area contributed by atoms with Crippen LogP contribution >= 0.6 is 0 Å². The van der Waals surface area contributed by atoms with E-state index in [0.717, 1.165) is 15.8 Å². The van der Waals surface area contributed by atoms with Crippen LogP contribution in [0, 0.1) is 0 Å². The molecule has 3 aromatic rings. The van der Waals surface area contributed by atoms with E-state index in [9.17, 15) is 14.4 Å². The molecule has 2 aromatic carbocycles. The Balaban J connectivity index is 1.75. The van der Waals surface area contributed by atoms with Crippen LogP contribution in [0.3, 0.4) is 0 Å². The minimum absolute atomic E-state index is 0.259. The third kappa shape index (κ3) is 3.73. The molecule has 0 atom stereocenters. The molecule has 7 nitrogen and oxygen atoms in total. The van der Waals surface area contributed by atoms with Crippen LogP contribution in [0.15, 0.2) is 58.1 Å². The largest absolute Gasteiger partial charge is 0.380 e. The highest BCUT2D eigenvalue weighted by Crippen LogP contribution is 2.09. The molecule has 0 bridgehead atoms. The van der Waals surface area contributed by atoms with Crippen LogP contribution in [-0.2, 0) is 29.2 Å². The molecule has 1 aromatic heterocycles. The van der Waals surface area contributed by atoms with Gasteiger partial charge in [-0.25, -0.2) is 4.68 Å². The van der Waals surface area contributed by atoms with Crippen LogP contribution in [-0.4, -0.2) is 22.8 Å². The summed E-state index contributed by atoms with van der Waals surface area (Å²) < 4.78 is 6.17. The number of ether oxygens (including phenoxy) is 1. The van der Waals surface area contributed by atoms with Gasteiger partial charge in [0.1, 0.15) is 6.54 Å². The Morgan fingerprint density at radius 1 is 1.04 bits per heavy atom. The Bertz CT molecular complexity index is 1050. The standard InChI is InChI=1S/C19H19N3O4/c1-26-12-14-7-3-2-6-13(14)10-20-17(23)11-22-19(25)16-9-5-4-8-15(16)18(24)21-22/h2-9H,10-12H2,1H3,(H,20,23)(H,21,24). The van der Waals surface area contributed by atoms with Gasteiger partial charge < -0.3 is 10.1 Å². The Kier molecular flexibility index (Phi) is 5.28. The van der Waals surface area contributed by atoms with Gasteiger partial charge in [0.05, 0.1) is 17.4 Å². The molecule has 0 unspecified atom stereocenters. The van der Waals surface area contributed by atoms with Crippen molar-refractivity contribution in [2.75, 3.05) is 7.11 Å². The Hall–Kier alpha value is -3.19. The number of hydrogen-bond acceptors (Lipinski definition) is 4. The van der Waals surface area contributed by atoms with E-state index < -0.39 is 11.1 Å². The van der Waals surface area contributed by atoms with Crippen molar-refractivity contribution in [2.24, 2.45) is 0 Å². The average molecular weight is 353 g/mol. The SMILES string of the molecule is COCc1ccccc1CNC(=O)Cn1[nH]c(=O)c2ccccc2c1=O. The van der Waals surface area contributed by atoms with Gasteiger partial charge in [0.2, 0.25) is 5.91 Å². The molecule has 134 valence electrons. The molecule has 0 radical (unpaired) electrons. The molecule has 1 heterocycles. The summed E-state index contributed by atoms with van der Waals surface area (Å²) in [4.78, 5) is 36.7. The first-order valence-electron chi connectivity index (χ1n) is 8.14.